The third-order valence-electron chi connectivity index (χ3n) is 3.65. The van der Waals surface area contributed by atoms with E-state index < -0.39 is 5.41 Å². The lowest BCUT2D eigenvalue weighted by molar-refractivity contribution is -0.151. The van der Waals surface area contributed by atoms with Gasteiger partial charge in [-0.3, -0.25) is 9.59 Å². The van der Waals surface area contributed by atoms with Crippen LogP contribution in [-0.2, 0) is 9.59 Å². The average Bonchev–Trinajstić information content (AvgIpc) is 2.33. The molecule has 0 aromatic carbocycles. The number of hydrogen-bond donors (Lipinski definition) is 0. The van der Waals surface area contributed by atoms with Gasteiger partial charge in [0.05, 0.1) is 0 Å². The Bertz CT molecular complexity index is 304. The van der Waals surface area contributed by atoms with Crippen molar-refractivity contribution in [2.75, 3.05) is 6.54 Å². The zero-order valence-corrected chi connectivity index (χ0v) is 12.3. The fraction of sp³-hybridized carbons (Fsp3) is 0.867. The summed E-state index contributed by atoms with van der Waals surface area (Å²) in [5.41, 5.74) is -0.566. The van der Waals surface area contributed by atoms with Crippen LogP contribution in [0.25, 0.3) is 0 Å². The van der Waals surface area contributed by atoms with Crippen LogP contribution in [0.15, 0.2) is 0 Å². The monoisotopic (exact) mass is 253 g/mol. The highest BCUT2D eigenvalue weighted by Gasteiger charge is 2.35. The van der Waals surface area contributed by atoms with E-state index in [4.69, 9.17) is 0 Å². The highest BCUT2D eigenvalue weighted by molar-refractivity contribution is 6.37. The van der Waals surface area contributed by atoms with Gasteiger partial charge in [-0.05, 0) is 25.7 Å². The Balaban J connectivity index is 2.71. The van der Waals surface area contributed by atoms with E-state index in [-0.39, 0.29) is 17.7 Å². The number of rotatable bonds is 4. The summed E-state index contributed by atoms with van der Waals surface area (Å²) in [6, 6.07) is 0.289. The van der Waals surface area contributed by atoms with Gasteiger partial charge in [0, 0.05) is 18.0 Å². The van der Waals surface area contributed by atoms with Crippen LogP contribution in [0.1, 0.15) is 66.2 Å². The van der Waals surface area contributed by atoms with E-state index in [1.54, 1.807) is 0 Å². The van der Waals surface area contributed by atoms with Crippen LogP contribution in [0.3, 0.4) is 0 Å². The van der Waals surface area contributed by atoms with Crippen molar-refractivity contribution < 1.29 is 9.59 Å². The summed E-state index contributed by atoms with van der Waals surface area (Å²) in [5, 5.41) is 0. The molecule has 18 heavy (non-hydrogen) atoms. The molecule has 0 aromatic rings. The van der Waals surface area contributed by atoms with Gasteiger partial charge in [0.1, 0.15) is 0 Å². The Morgan fingerprint density at radius 2 is 1.89 bits per heavy atom. The molecule has 1 atom stereocenters. The summed E-state index contributed by atoms with van der Waals surface area (Å²) in [5.74, 6) is -0.505. The summed E-state index contributed by atoms with van der Waals surface area (Å²) in [6.45, 7) is 8.37. The van der Waals surface area contributed by atoms with Crippen LogP contribution in [0.2, 0.25) is 0 Å². The number of Topliss-reactive ketones (excluding diaryl/α,β-unsaturated/α-hetero) is 1. The zero-order chi connectivity index (χ0) is 13.8. The van der Waals surface area contributed by atoms with Gasteiger partial charge >= 0.3 is 0 Å². The van der Waals surface area contributed by atoms with Crippen molar-refractivity contribution in [3.63, 3.8) is 0 Å². The predicted octanol–water partition coefficient (Wildman–Crippen LogP) is 3.17. The summed E-state index contributed by atoms with van der Waals surface area (Å²) < 4.78 is 0. The highest BCUT2D eigenvalue weighted by atomic mass is 16.2. The van der Waals surface area contributed by atoms with Crippen molar-refractivity contribution in [1.29, 1.82) is 0 Å². The number of likely N-dealkylation sites (tertiary alicyclic amines) is 1. The maximum atomic E-state index is 12.3. The molecule has 0 saturated carbocycles. The number of nitrogens with zero attached hydrogens (tertiary/aromatic N) is 1. The van der Waals surface area contributed by atoms with Crippen molar-refractivity contribution in [1.82, 2.24) is 4.90 Å². The first-order valence-corrected chi connectivity index (χ1v) is 7.23. The van der Waals surface area contributed by atoms with Gasteiger partial charge in [0.2, 0.25) is 5.78 Å². The van der Waals surface area contributed by atoms with E-state index in [0.717, 1.165) is 38.6 Å². The minimum Gasteiger partial charge on any atom is -0.333 e. The SMILES string of the molecule is CCCCC1CCCCN1C(=O)C(=O)C(C)(C)C. The molecule has 0 aliphatic carbocycles. The number of hydrogen-bond acceptors (Lipinski definition) is 2. The third-order valence-corrected chi connectivity index (χ3v) is 3.65. The number of amides is 1. The summed E-state index contributed by atoms with van der Waals surface area (Å²) in [7, 11) is 0. The molecule has 1 aliphatic rings. The minimum absolute atomic E-state index is 0.245. The second kappa shape index (κ2) is 6.35. The summed E-state index contributed by atoms with van der Waals surface area (Å²) in [6.07, 6.45) is 6.60. The van der Waals surface area contributed by atoms with Crippen molar-refractivity contribution in [2.24, 2.45) is 5.41 Å². The van der Waals surface area contributed by atoms with Crippen LogP contribution < -0.4 is 0 Å². The molecule has 1 heterocycles. The molecule has 3 heteroatoms. The van der Waals surface area contributed by atoms with Crippen molar-refractivity contribution in [3.8, 4) is 0 Å². The number of carbonyl (C=O) groups excluding carboxylic acids is 2. The van der Waals surface area contributed by atoms with E-state index >= 15 is 0 Å². The average molecular weight is 253 g/mol. The van der Waals surface area contributed by atoms with Gasteiger partial charge in [-0.25, -0.2) is 0 Å². The summed E-state index contributed by atoms with van der Waals surface area (Å²) >= 11 is 0. The van der Waals surface area contributed by atoms with E-state index in [1.165, 1.54) is 6.42 Å². The quantitative estimate of drug-likeness (QED) is 0.722. The van der Waals surface area contributed by atoms with Gasteiger partial charge in [-0.15, -0.1) is 0 Å². The number of carbonyl (C=O) groups is 2. The van der Waals surface area contributed by atoms with E-state index in [2.05, 4.69) is 6.92 Å². The van der Waals surface area contributed by atoms with Crippen molar-refractivity contribution >= 4 is 11.7 Å². The van der Waals surface area contributed by atoms with Gasteiger partial charge < -0.3 is 4.90 Å². The van der Waals surface area contributed by atoms with Crippen LogP contribution in [0.4, 0.5) is 0 Å². The fourth-order valence-electron chi connectivity index (χ4n) is 2.46. The maximum Gasteiger partial charge on any atom is 0.290 e. The molecule has 0 N–H and O–H groups in total. The first-order valence-electron chi connectivity index (χ1n) is 7.23. The van der Waals surface area contributed by atoms with E-state index in [0.29, 0.717) is 0 Å². The molecule has 0 radical (unpaired) electrons. The summed E-state index contributed by atoms with van der Waals surface area (Å²) in [4.78, 5) is 26.2. The lowest BCUT2D eigenvalue weighted by Crippen LogP contribution is -2.49. The Morgan fingerprint density at radius 3 is 2.44 bits per heavy atom. The van der Waals surface area contributed by atoms with Crippen LogP contribution in [0.5, 0.6) is 0 Å². The number of ketones is 1. The van der Waals surface area contributed by atoms with Gasteiger partial charge in [0.25, 0.3) is 5.91 Å². The molecular formula is C15H27NO2. The molecule has 0 spiro atoms. The second-order valence-corrected chi connectivity index (χ2v) is 6.37. The molecule has 0 aromatic heterocycles. The highest BCUT2D eigenvalue weighted by Crippen LogP contribution is 2.24. The lowest BCUT2D eigenvalue weighted by Gasteiger charge is -2.36. The Labute approximate surface area is 111 Å². The van der Waals surface area contributed by atoms with Crippen LogP contribution in [-0.4, -0.2) is 29.2 Å². The topological polar surface area (TPSA) is 37.4 Å². The van der Waals surface area contributed by atoms with Crippen LogP contribution in [0, 0.1) is 5.41 Å². The van der Waals surface area contributed by atoms with E-state index in [9.17, 15) is 9.59 Å². The normalized spacial score (nSPS) is 20.9. The minimum atomic E-state index is -0.566. The third kappa shape index (κ3) is 3.82. The maximum absolute atomic E-state index is 12.3. The van der Waals surface area contributed by atoms with Gasteiger partial charge in [-0.2, -0.15) is 0 Å². The first kappa shape index (κ1) is 15.2. The zero-order valence-electron chi connectivity index (χ0n) is 12.3. The molecule has 0 bridgehead atoms. The standard InChI is InChI=1S/C15H27NO2/c1-5-6-9-12-10-7-8-11-16(12)14(18)13(17)15(2,3)4/h12H,5-11H2,1-4H3. The molecule has 1 fully saturated rings. The Hall–Kier alpha value is -0.860. The van der Waals surface area contributed by atoms with Crippen LogP contribution >= 0.6 is 0 Å². The van der Waals surface area contributed by atoms with Crippen molar-refractivity contribution in [3.05, 3.63) is 0 Å². The number of unbranched alkanes of at least 4 members (excludes halogenated alkanes) is 1. The molecular weight excluding hydrogens is 226 g/mol. The smallest absolute Gasteiger partial charge is 0.290 e. The fourth-order valence-corrected chi connectivity index (χ4v) is 2.46. The van der Waals surface area contributed by atoms with E-state index in [1.807, 2.05) is 25.7 Å². The molecule has 1 aliphatic heterocycles. The molecule has 1 unspecified atom stereocenters. The molecule has 3 nitrogen and oxygen atoms in total. The second-order valence-electron chi connectivity index (χ2n) is 6.37. The predicted molar refractivity (Wildman–Crippen MR) is 73.3 cm³/mol. The van der Waals surface area contributed by atoms with Crippen molar-refractivity contribution in [2.45, 2.75) is 72.3 Å². The largest absolute Gasteiger partial charge is 0.333 e. The number of piperidine rings is 1. The Kier molecular flexibility index (Phi) is 5.36. The lowest BCUT2D eigenvalue weighted by atomic mass is 9.88. The molecule has 1 saturated heterocycles. The molecule has 1 amide bonds. The first-order chi connectivity index (χ1) is 8.38. The molecule has 104 valence electrons. The van der Waals surface area contributed by atoms with Gasteiger partial charge in [-0.1, -0.05) is 40.5 Å². The Morgan fingerprint density at radius 1 is 1.22 bits per heavy atom. The van der Waals surface area contributed by atoms with Gasteiger partial charge in [0.15, 0.2) is 0 Å². The molecule has 1 rings (SSSR count).